The fourth-order valence-corrected chi connectivity index (χ4v) is 1.73. The van der Waals surface area contributed by atoms with Gasteiger partial charge in [-0.05, 0) is 25.1 Å². The fourth-order valence-electron chi connectivity index (χ4n) is 1.73. The Balaban J connectivity index is 2.54. The van der Waals surface area contributed by atoms with Gasteiger partial charge in [0, 0.05) is 11.8 Å². The van der Waals surface area contributed by atoms with Crippen molar-refractivity contribution in [2.24, 2.45) is 0 Å². The van der Waals surface area contributed by atoms with Crippen LogP contribution in [0, 0.1) is 6.92 Å². The van der Waals surface area contributed by atoms with Crippen LogP contribution in [0.1, 0.15) is 27.2 Å². The molecule has 19 heavy (non-hydrogen) atoms. The lowest BCUT2D eigenvalue weighted by Gasteiger charge is -2.12. The van der Waals surface area contributed by atoms with Crippen LogP contribution in [0.25, 0.3) is 0 Å². The number of rotatable bonds is 2. The highest BCUT2D eigenvalue weighted by molar-refractivity contribution is 6.08. The van der Waals surface area contributed by atoms with Gasteiger partial charge in [-0.2, -0.15) is 13.2 Å². The molecule has 0 aliphatic rings. The van der Waals surface area contributed by atoms with Crippen molar-refractivity contribution in [3.63, 3.8) is 0 Å². The lowest BCUT2D eigenvalue weighted by atomic mass is 9.99. The molecule has 1 heterocycles. The molecule has 0 aliphatic carbocycles. The summed E-state index contributed by atoms with van der Waals surface area (Å²) in [5.41, 5.74) is -0.860. The Hall–Kier alpha value is -2.17. The minimum absolute atomic E-state index is 0.00291. The molecular weight excluding hydrogens is 255 g/mol. The molecule has 0 fully saturated rings. The predicted octanol–water partition coefficient (Wildman–Crippen LogP) is 3.64. The Morgan fingerprint density at radius 1 is 1.16 bits per heavy atom. The molecule has 1 aromatic heterocycles. The summed E-state index contributed by atoms with van der Waals surface area (Å²) in [5.74, 6) is -0.729. The summed E-state index contributed by atoms with van der Waals surface area (Å²) >= 11 is 0. The van der Waals surface area contributed by atoms with E-state index in [4.69, 9.17) is 0 Å². The minimum atomic E-state index is -4.56. The average molecular weight is 265 g/mol. The van der Waals surface area contributed by atoms with Crippen molar-refractivity contribution in [3.05, 3.63) is 65.0 Å². The molecule has 98 valence electrons. The number of pyridine rings is 1. The van der Waals surface area contributed by atoms with Gasteiger partial charge in [-0.25, -0.2) is 0 Å². The Kier molecular flexibility index (Phi) is 3.38. The summed E-state index contributed by atoms with van der Waals surface area (Å²) in [7, 11) is 0. The van der Waals surface area contributed by atoms with Gasteiger partial charge in [-0.1, -0.05) is 23.8 Å². The molecule has 2 nitrogen and oxygen atoms in total. The fraction of sp³-hybridized carbons (Fsp3) is 0.143. The Labute approximate surface area is 107 Å². The van der Waals surface area contributed by atoms with E-state index in [-0.39, 0.29) is 11.3 Å². The molecule has 2 rings (SSSR count). The summed E-state index contributed by atoms with van der Waals surface area (Å²) in [6.45, 7) is 1.55. The van der Waals surface area contributed by atoms with Crippen molar-refractivity contribution >= 4 is 5.78 Å². The smallest absolute Gasteiger partial charge is 0.287 e. The minimum Gasteiger partial charge on any atom is -0.287 e. The second kappa shape index (κ2) is 4.84. The number of aryl methyl sites for hydroxylation is 1. The van der Waals surface area contributed by atoms with E-state index >= 15 is 0 Å². The summed E-state index contributed by atoms with van der Waals surface area (Å²) in [6.07, 6.45) is -3.19. The Morgan fingerprint density at radius 3 is 2.47 bits per heavy atom. The monoisotopic (exact) mass is 265 g/mol. The van der Waals surface area contributed by atoms with Gasteiger partial charge < -0.3 is 0 Å². The average Bonchev–Trinajstić information content (AvgIpc) is 2.38. The van der Waals surface area contributed by atoms with Gasteiger partial charge in [0.05, 0.1) is 5.56 Å². The maximum atomic E-state index is 12.9. The van der Waals surface area contributed by atoms with Crippen LogP contribution in [0.15, 0.2) is 42.6 Å². The van der Waals surface area contributed by atoms with Gasteiger partial charge in [-0.3, -0.25) is 9.78 Å². The van der Waals surface area contributed by atoms with E-state index in [1.54, 1.807) is 19.1 Å². The molecule has 0 bridgehead atoms. The largest absolute Gasteiger partial charge is 0.417 e. The normalized spacial score (nSPS) is 11.4. The van der Waals surface area contributed by atoms with Gasteiger partial charge >= 0.3 is 6.18 Å². The number of carbonyl (C=O) groups excluding carboxylic acids is 1. The predicted molar refractivity (Wildman–Crippen MR) is 63.9 cm³/mol. The van der Waals surface area contributed by atoms with E-state index in [0.29, 0.717) is 5.56 Å². The molecule has 0 N–H and O–H groups in total. The molecule has 2 aromatic rings. The van der Waals surface area contributed by atoms with E-state index in [2.05, 4.69) is 4.98 Å². The van der Waals surface area contributed by atoms with Crippen LogP contribution in [0.2, 0.25) is 0 Å². The number of carbonyl (C=O) groups is 1. The van der Waals surface area contributed by atoms with Crippen LogP contribution in [0.3, 0.4) is 0 Å². The number of halogens is 3. The zero-order chi connectivity index (χ0) is 14.0. The van der Waals surface area contributed by atoms with Crippen LogP contribution in [-0.4, -0.2) is 10.8 Å². The van der Waals surface area contributed by atoms with Crippen LogP contribution in [0.4, 0.5) is 13.2 Å². The van der Waals surface area contributed by atoms with Gasteiger partial charge in [0.25, 0.3) is 0 Å². The summed E-state index contributed by atoms with van der Waals surface area (Å²) in [6, 6.07) is 8.18. The molecular formula is C14H10F3NO. The highest BCUT2D eigenvalue weighted by Crippen LogP contribution is 2.33. The molecule has 1 aromatic carbocycles. The molecule has 5 heteroatoms. The zero-order valence-corrected chi connectivity index (χ0v) is 10.0. The first-order valence-corrected chi connectivity index (χ1v) is 5.53. The van der Waals surface area contributed by atoms with Crippen molar-refractivity contribution in [1.29, 1.82) is 0 Å². The van der Waals surface area contributed by atoms with E-state index < -0.39 is 17.5 Å². The SMILES string of the molecule is Cc1ccc(C(=O)c2ccccn2)c(C(F)(F)F)c1. The lowest BCUT2D eigenvalue weighted by Crippen LogP contribution is -2.14. The third-order valence-electron chi connectivity index (χ3n) is 2.62. The number of hydrogen-bond donors (Lipinski definition) is 0. The molecule has 0 unspecified atom stereocenters. The standard InChI is InChI=1S/C14H10F3NO/c1-9-5-6-10(11(8-9)14(15,16)17)13(19)12-4-2-3-7-18-12/h2-8H,1H3. The third kappa shape index (κ3) is 2.81. The lowest BCUT2D eigenvalue weighted by molar-refractivity contribution is -0.137. The number of ketones is 1. The summed E-state index contributed by atoms with van der Waals surface area (Å²) in [5, 5.41) is 0. The maximum Gasteiger partial charge on any atom is 0.417 e. The molecule has 0 saturated heterocycles. The van der Waals surface area contributed by atoms with Crippen molar-refractivity contribution in [1.82, 2.24) is 4.98 Å². The highest BCUT2D eigenvalue weighted by atomic mass is 19.4. The van der Waals surface area contributed by atoms with E-state index in [9.17, 15) is 18.0 Å². The second-order valence-corrected chi connectivity index (χ2v) is 4.09. The Bertz CT molecular complexity index is 606. The van der Waals surface area contributed by atoms with Crippen LogP contribution in [-0.2, 0) is 6.18 Å². The van der Waals surface area contributed by atoms with E-state index in [1.807, 2.05) is 0 Å². The molecule has 0 atom stereocenters. The highest BCUT2D eigenvalue weighted by Gasteiger charge is 2.35. The van der Waals surface area contributed by atoms with Crippen molar-refractivity contribution in [2.75, 3.05) is 0 Å². The molecule has 0 saturated carbocycles. The Morgan fingerprint density at radius 2 is 1.89 bits per heavy atom. The first kappa shape index (κ1) is 13.3. The van der Waals surface area contributed by atoms with E-state index in [0.717, 1.165) is 6.07 Å². The van der Waals surface area contributed by atoms with Crippen molar-refractivity contribution < 1.29 is 18.0 Å². The number of alkyl halides is 3. The maximum absolute atomic E-state index is 12.9. The summed E-state index contributed by atoms with van der Waals surface area (Å²) < 4.78 is 38.8. The first-order valence-electron chi connectivity index (χ1n) is 5.53. The number of nitrogens with zero attached hydrogens (tertiary/aromatic N) is 1. The topological polar surface area (TPSA) is 30.0 Å². The third-order valence-corrected chi connectivity index (χ3v) is 2.62. The molecule has 0 radical (unpaired) electrons. The van der Waals surface area contributed by atoms with Gasteiger partial charge in [0.1, 0.15) is 5.69 Å². The van der Waals surface area contributed by atoms with Gasteiger partial charge in [0.15, 0.2) is 0 Å². The first-order chi connectivity index (χ1) is 8.89. The number of hydrogen-bond acceptors (Lipinski definition) is 2. The van der Waals surface area contributed by atoms with Crippen LogP contribution < -0.4 is 0 Å². The number of benzene rings is 1. The van der Waals surface area contributed by atoms with Crippen molar-refractivity contribution in [3.8, 4) is 0 Å². The number of aromatic nitrogens is 1. The molecule has 0 aliphatic heterocycles. The molecule has 0 amide bonds. The van der Waals surface area contributed by atoms with Crippen LogP contribution in [0.5, 0.6) is 0 Å². The van der Waals surface area contributed by atoms with Gasteiger partial charge in [0.2, 0.25) is 5.78 Å². The van der Waals surface area contributed by atoms with Crippen LogP contribution >= 0.6 is 0 Å². The van der Waals surface area contributed by atoms with Gasteiger partial charge in [-0.15, -0.1) is 0 Å². The summed E-state index contributed by atoms with van der Waals surface area (Å²) in [4.78, 5) is 15.8. The zero-order valence-electron chi connectivity index (χ0n) is 10.0. The van der Waals surface area contributed by atoms with Crippen molar-refractivity contribution in [2.45, 2.75) is 13.1 Å². The van der Waals surface area contributed by atoms with E-state index in [1.165, 1.54) is 24.4 Å². The molecule has 0 spiro atoms. The second-order valence-electron chi connectivity index (χ2n) is 4.09. The quantitative estimate of drug-likeness (QED) is 0.776.